The van der Waals surface area contributed by atoms with Crippen LogP contribution in [0.1, 0.15) is 5.69 Å². The van der Waals surface area contributed by atoms with Crippen molar-refractivity contribution in [2.75, 3.05) is 0 Å². The normalized spacial score (nSPS) is 20.8. The highest BCUT2D eigenvalue weighted by Crippen LogP contribution is 2.24. The van der Waals surface area contributed by atoms with Gasteiger partial charge >= 0.3 is 0 Å². The summed E-state index contributed by atoms with van der Waals surface area (Å²) in [6.07, 6.45) is 1.02. The van der Waals surface area contributed by atoms with Crippen molar-refractivity contribution >= 4 is 10.9 Å². The van der Waals surface area contributed by atoms with E-state index in [1.807, 2.05) is 0 Å². The summed E-state index contributed by atoms with van der Waals surface area (Å²) in [7, 11) is 0. The van der Waals surface area contributed by atoms with Crippen molar-refractivity contribution < 1.29 is 0 Å². The van der Waals surface area contributed by atoms with Gasteiger partial charge in [-0.1, -0.05) is 18.2 Å². The molecule has 2 N–H and O–H groups in total. The summed E-state index contributed by atoms with van der Waals surface area (Å²) in [5, 5.41) is 1.34. The predicted octanol–water partition coefficient (Wildman–Crippen LogP) is 1.52. The lowest BCUT2D eigenvalue weighted by molar-refractivity contribution is 0.652. The van der Waals surface area contributed by atoms with Gasteiger partial charge in [0.15, 0.2) is 0 Å². The van der Waals surface area contributed by atoms with Crippen LogP contribution < -0.4 is 5.73 Å². The molecular weight excluding hydrogens is 160 g/mol. The summed E-state index contributed by atoms with van der Waals surface area (Å²) in [6.45, 7) is 0.975. The molecule has 0 fully saturated rings. The van der Waals surface area contributed by atoms with Crippen molar-refractivity contribution in [2.24, 2.45) is 5.73 Å². The Labute approximate surface area is 77.0 Å². The molecule has 1 unspecified atom stereocenters. The second-order valence-corrected chi connectivity index (χ2v) is 3.77. The molecule has 0 spiro atoms. The Kier molecular flexibility index (Phi) is 1.30. The minimum atomic E-state index is 0.319. The summed E-state index contributed by atoms with van der Waals surface area (Å²) in [4.78, 5) is 0. The molecule has 0 amide bonds. The van der Waals surface area contributed by atoms with Crippen LogP contribution in [0.15, 0.2) is 30.3 Å². The summed E-state index contributed by atoms with van der Waals surface area (Å²) < 4.78 is 2.33. The Morgan fingerprint density at radius 1 is 1.31 bits per heavy atom. The molecule has 2 heteroatoms. The highest BCUT2D eigenvalue weighted by atomic mass is 15.0. The topological polar surface area (TPSA) is 30.9 Å². The van der Waals surface area contributed by atoms with Crippen molar-refractivity contribution in [1.82, 2.24) is 4.57 Å². The monoisotopic (exact) mass is 172 g/mol. The Morgan fingerprint density at radius 3 is 3.08 bits per heavy atom. The lowest BCUT2D eigenvalue weighted by atomic mass is 10.2. The van der Waals surface area contributed by atoms with Gasteiger partial charge in [-0.15, -0.1) is 0 Å². The Hall–Kier alpha value is -1.28. The van der Waals surface area contributed by atoms with Gasteiger partial charge < -0.3 is 10.3 Å². The molecule has 66 valence electrons. The average Bonchev–Trinajstić information content (AvgIpc) is 2.60. The van der Waals surface area contributed by atoms with Gasteiger partial charge in [0.1, 0.15) is 0 Å². The lowest BCUT2D eigenvalue weighted by Gasteiger charge is -2.01. The van der Waals surface area contributed by atoms with Gasteiger partial charge in [0, 0.05) is 30.2 Å². The van der Waals surface area contributed by atoms with E-state index in [-0.39, 0.29) is 0 Å². The first-order valence-electron chi connectivity index (χ1n) is 4.67. The molecule has 1 aromatic carbocycles. The number of para-hydroxylation sites is 1. The largest absolute Gasteiger partial charge is 0.343 e. The summed E-state index contributed by atoms with van der Waals surface area (Å²) in [5.74, 6) is 0. The number of nitrogens with two attached hydrogens (primary N) is 1. The number of hydrogen-bond donors (Lipinski definition) is 1. The van der Waals surface area contributed by atoms with E-state index in [9.17, 15) is 0 Å². The Morgan fingerprint density at radius 2 is 2.15 bits per heavy atom. The standard InChI is InChI=1S/C11H12N2/c12-9-6-10-5-8-3-1-2-4-11(8)13(10)7-9/h1-5,9H,6-7,12H2. The van der Waals surface area contributed by atoms with Gasteiger partial charge in [-0.3, -0.25) is 0 Å². The van der Waals surface area contributed by atoms with Gasteiger partial charge in [0.25, 0.3) is 0 Å². The van der Waals surface area contributed by atoms with Crippen LogP contribution in [-0.4, -0.2) is 10.6 Å². The molecule has 2 nitrogen and oxygen atoms in total. The third-order valence-electron chi connectivity index (χ3n) is 2.78. The smallest absolute Gasteiger partial charge is 0.0483 e. The minimum Gasteiger partial charge on any atom is -0.343 e. The minimum absolute atomic E-state index is 0.319. The number of fused-ring (bicyclic) bond motifs is 3. The van der Waals surface area contributed by atoms with Crippen molar-refractivity contribution in [3.05, 3.63) is 36.0 Å². The zero-order valence-corrected chi connectivity index (χ0v) is 7.40. The SMILES string of the molecule is NC1Cc2cc3ccccc3n2C1. The van der Waals surface area contributed by atoms with Crippen LogP contribution in [0, 0.1) is 0 Å². The number of hydrogen-bond acceptors (Lipinski definition) is 1. The summed E-state index contributed by atoms with van der Waals surface area (Å²) >= 11 is 0. The molecule has 1 aliphatic rings. The fourth-order valence-corrected chi connectivity index (χ4v) is 2.22. The third-order valence-corrected chi connectivity index (χ3v) is 2.78. The van der Waals surface area contributed by atoms with E-state index >= 15 is 0 Å². The molecule has 0 bridgehead atoms. The van der Waals surface area contributed by atoms with Crippen molar-refractivity contribution in [3.8, 4) is 0 Å². The maximum atomic E-state index is 5.90. The highest BCUT2D eigenvalue weighted by Gasteiger charge is 2.19. The van der Waals surface area contributed by atoms with E-state index in [0.29, 0.717) is 6.04 Å². The predicted molar refractivity (Wildman–Crippen MR) is 53.6 cm³/mol. The van der Waals surface area contributed by atoms with E-state index in [2.05, 4.69) is 34.9 Å². The third kappa shape index (κ3) is 0.923. The van der Waals surface area contributed by atoms with Gasteiger partial charge in [0.05, 0.1) is 0 Å². The maximum absolute atomic E-state index is 5.90. The molecule has 1 aliphatic heterocycles. The number of rotatable bonds is 0. The number of aromatic nitrogens is 1. The fourth-order valence-electron chi connectivity index (χ4n) is 2.22. The van der Waals surface area contributed by atoms with Crippen LogP contribution in [0.2, 0.25) is 0 Å². The van der Waals surface area contributed by atoms with Crippen molar-refractivity contribution in [1.29, 1.82) is 0 Å². The molecule has 1 aromatic heterocycles. The molecule has 3 rings (SSSR count). The van der Waals surface area contributed by atoms with Crippen LogP contribution in [0.4, 0.5) is 0 Å². The summed E-state index contributed by atoms with van der Waals surface area (Å²) in [5.41, 5.74) is 8.61. The van der Waals surface area contributed by atoms with Crippen LogP contribution in [0.3, 0.4) is 0 Å². The molecule has 13 heavy (non-hydrogen) atoms. The molecule has 2 heterocycles. The van der Waals surface area contributed by atoms with Crippen molar-refractivity contribution in [3.63, 3.8) is 0 Å². The molecule has 0 aliphatic carbocycles. The second kappa shape index (κ2) is 2.36. The van der Waals surface area contributed by atoms with Gasteiger partial charge in [-0.2, -0.15) is 0 Å². The molecule has 0 saturated carbocycles. The zero-order valence-electron chi connectivity index (χ0n) is 7.40. The van der Waals surface area contributed by atoms with Crippen molar-refractivity contribution in [2.45, 2.75) is 19.0 Å². The van der Waals surface area contributed by atoms with E-state index in [1.54, 1.807) is 0 Å². The van der Waals surface area contributed by atoms with Crippen LogP contribution in [0.25, 0.3) is 10.9 Å². The maximum Gasteiger partial charge on any atom is 0.0483 e. The van der Waals surface area contributed by atoms with E-state index in [1.165, 1.54) is 16.6 Å². The van der Waals surface area contributed by atoms with Gasteiger partial charge in [-0.05, 0) is 17.5 Å². The zero-order chi connectivity index (χ0) is 8.84. The molecule has 0 radical (unpaired) electrons. The van der Waals surface area contributed by atoms with Crippen LogP contribution in [-0.2, 0) is 13.0 Å². The number of benzene rings is 1. The van der Waals surface area contributed by atoms with Crippen LogP contribution in [0.5, 0.6) is 0 Å². The van der Waals surface area contributed by atoms with Gasteiger partial charge in [0.2, 0.25) is 0 Å². The first-order chi connectivity index (χ1) is 6.34. The first-order valence-corrected chi connectivity index (χ1v) is 4.67. The number of nitrogens with zero attached hydrogens (tertiary/aromatic N) is 1. The molecule has 0 saturated heterocycles. The average molecular weight is 172 g/mol. The molecule has 1 atom stereocenters. The quantitative estimate of drug-likeness (QED) is 0.641. The molecule has 2 aromatic rings. The highest BCUT2D eigenvalue weighted by molar-refractivity contribution is 5.81. The molecular formula is C11H12N2. The summed E-state index contributed by atoms with van der Waals surface area (Å²) in [6, 6.07) is 11.1. The van der Waals surface area contributed by atoms with Crippen LogP contribution >= 0.6 is 0 Å². The second-order valence-electron chi connectivity index (χ2n) is 3.77. The Bertz CT molecular complexity index is 456. The lowest BCUT2D eigenvalue weighted by Crippen LogP contribution is -2.20. The van der Waals surface area contributed by atoms with E-state index < -0.39 is 0 Å². The van der Waals surface area contributed by atoms with E-state index in [0.717, 1.165) is 13.0 Å². The fraction of sp³-hybridized carbons (Fsp3) is 0.273. The Balaban J connectivity index is 2.31. The first kappa shape index (κ1) is 7.15. The van der Waals surface area contributed by atoms with Gasteiger partial charge in [-0.25, -0.2) is 0 Å². The van der Waals surface area contributed by atoms with E-state index in [4.69, 9.17) is 5.73 Å².